The summed E-state index contributed by atoms with van der Waals surface area (Å²) < 4.78 is 0. The second kappa shape index (κ2) is 5.96. The van der Waals surface area contributed by atoms with Crippen LogP contribution in [0.2, 0.25) is 0 Å². The van der Waals surface area contributed by atoms with Crippen molar-refractivity contribution in [1.82, 2.24) is 0 Å². The van der Waals surface area contributed by atoms with Gasteiger partial charge in [0.1, 0.15) is 0 Å². The molecule has 0 N–H and O–H groups in total. The van der Waals surface area contributed by atoms with Crippen molar-refractivity contribution in [3.8, 4) is 0 Å². The maximum atomic E-state index is 9.11. The molecule has 0 aromatic heterocycles. The van der Waals surface area contributed by atoms with Crippen LogP contribution in [0.4, 0.5) is 4.79 Å². The van der Waals surface area contributed by atoms with Crippen molar-refractivity contribution in [1.29, 1.82) is 0 Å². The zero-order valence-electron chi connectivity index (χ0n) is 3.25. The van der Waals surface area contributed by atoms with Gasteiger partial charge in [-0.3, -0.25) is 0 Å². The van der Waals surface area contributed by atoms with Gasteiger partial charge in [-0.1, -0.05) is 0 Å². The fraction of sp³-hybridized carbons (Fsp3) is 0. The van der Waals surface area contributed by atoms with Crippen LogP contribution in [0.5, 0.6) is 0 Å². The smallest absolute Gasteiger partial charge is 0.659 e. The average molecular weight is 116 g/mol. The molecule has 0 aromatic rings. The zero-order valence-corrected chi connectivity index (χ0v) is 4.66. The molecule has 0 aliphatic rings. The van der Waals surface area contributed by atoms with E-state index in [-0.39, 0.29) is 23.1 Å². The summed E-state index contributed by atoms with van der Waals surface area (Å²) in [5.74, 6) is 0. The predicted octanol–water partition coefficient (Wildman–Crippen LogP) is -2.69. The van der Waals surface area contributed by atoms with Crippen molar-refractivity contribution < 1.29 is 25.1 Å². The van der Waals surface area contributed by atoms with Gasteiger partial charge >= 0.3 is 29.2 Å². The molecular weight excluding hydrogens is 116 g/mol. The van der Waals surface area contributed by atoms with Gasteiger partial charge in [0.25, 0.3) is 0 Å². The fourth-order valence-corrected chi connectivity index (χ4v) is 0.0139. The number of carbonyl (C=O) groups excluding carboxylic acids is 1. The molecule has 6 heteroatoms. The van der Waals surface area contributed by atoms with E-state index in [0.29, 0.717) is 0 Å². The van der Waals surface area contributed by atoms with Crippen molar-refractivity contribution in [2.24, 2.45) is 0 Å². The summed E-state index contributed by atoms with van der Waals surface area (Å²) in [7, 11) is 0. The van der Waals surface area contributed by atoms with E-state index in [2.05, 4.69) is 9.78 Å². The molecule has 5 nitrogen and oxygen atoms in total. The fourth-order valence-electron chi connectivity index (χ4n) is 0.0139. The molecule has 0 amide bonds. The largest absolute Gasteiger partial charge is 2.00 e. The summed E-state index contributed by atoms with van der Waals surface area (Å²) >= 11 is 0. The Hall–Kier alpha value is -0.0438. The van der Waals surface area contributed by atoms with Crippen LogP contribution in [0, 0.1) is 0 Å². The first-order valence-electron chi connectivity index (χ1n) is 0.946. The standard InChI is InChI=1S/CH2O5.Mg/c2-1(5-3)6-4;/h3-4H;/q;+2/p-2. The Morgan fingerprint density at radius 2 is 1.57 bits per heavy atom. The third kappa shape index (κ3) is 5.96. The molecule has 0 saturated carbocycles. The van der Waals surface area contributed by atoms with E-state index in [1.54, 1.807) is 0 Å². The molecule has 0 atom stereocenters. The third-order valence-electron chi connectivity index (χ3n) is 0.136. The summed E-state index contributed by atoms with van der Waals surface area (Å²) in [5, 5.41) is 17.4. The van der Waals surface area contributed by atoms with Crippen LogP contribution < -0.4 is 10.5 Å². The first kappa shape index (κ1) is 10.0. The summed E-state index contributed by atoms with van der Waals surface area (Å²) in [5.41, 5.74) is 0. The Morgan fingerprint density at radius 3 is 1.57 bits per heavy atom. The summed E-state index contributed by atoms with van der Waals surface area (Å²) in [6, 6.07) is 0. The van der Waals surface area contributed by atoms with Crippen molar-refractivity contribution >= 4 is 29.2 Å². The quantitative estimate of drug-likeness (QED) is 0.195. The van der Waals surface area contributed by atoms with E-state index >= 15 is 0 Å². The molecule has 0 bridgehead atoms. The van der Waals surface area contributed by atoms with Crippen molar-refractivity contribution in [2.45, 2.75) is 0 Å². The Kier molecular flexibility index (Phi) is 8.55. The molecule has 0 radical (unpaired) electrons. The van der Waals surface area contributed by atoms with Gasteiger partial charge in [-0.2, -0.15) is 0 Å². The summed E-state index contributed by atoms with van der Waals surface area (Å²) in [6.07, 6.45) is -1.77. The van der Waals surface area contributed by atoms with Gasteiger partial charge in [-0.05, 0) is 0 Å². The van der Waals surface area contributed by atoms with E-state index in [1.807, 2.05) is 0 Å². The molecular formula is CMgO5. The molecule has 0 unspecified atom stereocenters. The zero-order chi connectivity index (χ0) is 4.99. The third-order valence-corrected chi connectivity index (χ3v) is 0.136. The van der Waals surface area contributed by atoms with E-state index < -0.39 is 6.16 Å². The van der Waals surface area contributed by atoms with E-state index in [4.69, 9.17) is 15.3 Å². The minimum atomic E-state index is -1.77. The van der Waals surface area contributed by atoms with Crippen LogP contribution in [0.3, 0.4) is 0 Å². The van der Waals surface area contributed by atoms with Gasteiger partial charge in [0.05, 0.1) is 0 Å². The second-order valence-corrected chi connectivity index (χ2v) is 0.417. The van der Waals surface area contributed by atoms with Crippen LogP contribution in [0.1, 0.15) is 0 Å². The van der Waals surface area contributed by atoms with Crippen LogP contribution in [0.15, 0.2) is 0 Å². The minimum absolute atomic E-state index is 0. The Balaban J connectivity index is 0. The van der Waals surface area contributed by atoms with Crippen LogP contribution in [-0.2, 0) is 9.78 Å². The van der Waals surface area contributed by atoms with Crippen LogP contribution >= 0.6 is 0 Å². The Morgan fingerprint density at radius 1 is 1.29 bits per heavy atom. The molecule has 0 rings (SSSR count). The van der Waals surface area contributed by atoms with Crippen molar-refractivity contribution in [3.63, 3.8) is 0 Å². The van der Waals surface area contributed by atoms with E-state index in [9.17, 15) is 0 Å². The van der Waals surface area contributed by atoms with Gasteiger partial charge in [-0.15, -0.1) is 0 Å². The van der Waals surface area contributed by atoms with E-state index in [1.165, 1.54) is 0 Å². The Labute approximate surface area is 54.8 Å². The monoisotopic (exact) mass is 116 g/mol. The minimum Gasteiger partial charge on any atom is -0.659 e. The first-order valence-corrected chi connectivity index (χ1v) is 0.946. The van der Waals surface area contributed by atoms with E-state index in [0.717, 1.165) is 0 Å². The summed E-state index contributed by atoms with van der Waals surface area (Å²) in [4.78, 5) is 14.1. The molecule has 0 aliphatic carbocycles. The van der Waals surface area contributed by atoms with Gasteiger partial charge < -0.3 is 20.3 Å². The summed E-state index contributed by atoms with van der Waals surface area (Å²) in [6.45, 7) is 0. The number of hydrogen-bond acceptors (Lipinski definition) is 5. The molecule has 0 fully saturated rings. The van der Waals surface area contributed by atoms with Gasteiger partial charge in [0, 0.05) is 0 Å². The van der Waals surface area contributed by atoms with Gasteiger partial charge in [-0.25, -0.2) is 4.79 Å². The van der Waals surface area contributed by atoms with Gasteiger partial charge in [0.2, 0.25) is 0 Å². The average Bonchev–Trinajstić information content (AvgIpc) is 1.65. The van der Waals surface area contributed by atoms with Crippen molar-refractivity contribution in [3.05, 3.63) is 0 Å². The number of rotatable bonds is 0. The predicted molar refractivity (Wildman–Crippen MR) is 13.3 cm³/mol. The molecule has 0 aliphatic heterocycles. The molecule has 0 spiro atoms. The topological polar surface area (TPSA) is 81.7 Å². The van der Waals surface area contributed by atoms with Crippen LogP contribution in [-0.4, -0.2) is 29.2 Å². The molecule has 0 heterocycles. The number of carbonyl (C=O) groups is 1. The van der Waals surface area contributed by atoms with Crippen molar-refractivity contribution in [2.75, 3.05) is 0 Å². The van der Waals surface area contributed by atoms with Gasteiger partial charge in [0.15, 0.2) is 0 Å². The number of hydrogen-bond donors (Lipinski definition) is 0. The first-order chi connectivity index (χ1) is 2.81. The molecule has 0 aromatic carbocycles. The maximum absolute atomic E-state index is 9.11. The normalized spacial score (nSPS) is 6.00. The molecule has 36 valence electrons. The molecule has 0 saturated heterocycles. The second-order valence-electron chi connectivity index (χ2n) is 0.417. The van der Waals surface area contributed by atoms with Crippen LogP contribution in [0.25, 0.3) is 0 Å². The SMILES string of the molecule is O=C(O[O-])O[O-].[Mg+2]. The Bertz CT molecular complexity index is 46.0. The maximum Gasteiger partial charge on any atom is 2.00 e. The molecule has 7 heavy (non-hydrogen) atoms.